The molecule has 0 aliphatic carbocycles. The zero-order chi connectivity index (χ0) is 16.3. The third-order valence-electron chi connectivity index (χ3n) is 2.96. The Bertz CT molecular complexity index is 821. The van der Waals surface area contributed by atoms with E-state index in [9.17, 15) is 8.42 Å². The van der Waals surface area contributed by atoms with Crippen LogP contribution in [0.2, 0.25) is 0 Å². The highest BCUT2D eigenvalue weighted by atomic mass is 35.5. The van der Waals surface area contributed by atoms with Crippen molar-refractivity contribution in [3.8, 4) is 5.75 Å². The second-order valence-electron chi connectivity index (χ2n) is 4.55. The summed E-state index contributed by atoms with van der Waals surface area (Å²) in [7, 11) is -2.70. The minimum Gasteiger partial charge on any atom is -0.495 e. The molecular formula is C14H16ClN3O4S. The summed E-state index contributed by atoms with van der Waals surface area (Å²) in [6.45, 7) is 1.84. The third kappa shape index (κ3) is 4.65. The van der Waals surface area contributed by atoms with Crippen molar-refractivity contribution in [2.75, 3.05) is 12.8 Å². The molecule has 0 fully saturated rings. The summed E-state index contributed by atoms with van der Waals surface area (Å²) in [4.78, 5) is -0.197. The Morgan fingerprint density at radius 3 is 2.26 bits per heavy atom. The highest BCUT2D eigenvalue weighted by Crippen LogP contribution is 2.31. The first-order valence-corrected chi connectivity index (χ1v) is 7.68. The zero-order valence-electron chi connectivity index (χ0n) is 12.4. The van der Waals surface area contributed by atoms with Crippen molar-refractivity contribution < 1.29 is 17.7 Å². The normalized spacial score (nSPS) is 11.3. The number of ether oxygens (including phenoxy) is 1. The number of methoxy groups -OCH3 is 1. The van der Waals surface area contributed by atoms with Gasteiger partial charge in [0.2, 0.25) is 0 Å². The van der Waals surface area contributed by atoms with Crippen LogP contribution >= 0.6 is 12.4 Å². The summed E-state index contributed by atoms with van der Waals surface area (Å²) >= 11 is 0. The van der Waals surface area contributed by atoms with Crippen LogP contribution in [0.4, 0.5) is 17.1 Å². The molecule has 0 amide bonds. The van der Waals surface area contributed by atoms with Crippen LogP contribution in [-0.2, 0) is 10.1 Å². The number of hydrogen-bond donors (Lipinski definition) is 2. The van der Waals surface area contributed by atoms with Crippen molar-refractivity contribution in [3.63, 3.8) is 0 Å². The predicted octanol–water partition coefficient (Wildman–Crippen LogP) is 3.67. The summed E-state index contributed by atoms with van der Waals surface area (Å²) in [6, 6.07) is 8.78. The number of aryl methyl sites for hydroxylation is 1. The van der Waals surface area contributed by atoms with E-state index in [2.05, 4.69) is 10.2 Å². The van der Waals surface area contributed by atoms with Gasteiger partial charge in [0.25, 0.3) is 10.1 Å². The molecular weight excluding hydrogens is 342 g/mol. The Hall–Kier alpha value is -2.16. The number of nitrogens with two attached hydrogens (primary N) is 1. The van der Waals surface area contributed by atoms with Crippen molar-refractivity contribution in [1.82, 2.24) is 0 Å². The minimum atomic E-state index is -4.21. The number of anilines is 1. The molecule has 23 heavy (non-hydrogen) atoms. The van der Waals surface area contributed by atoms with Gasteiger partial charge in [-0.15, -0.1) is 12.4 Å². The maximum absolute atomic E-state index is 10.9. The van der Waals surface area contributed by atoms with Crippen LogP contribution in [-0.4, -0.2) is 20.1 Å². The lowest BCUT2D eigenvalue weighted by atomic mass is 10.1. The van der Waals surface area contributed by atoms with Gasteiger partial charge < -0.3 is 10.5 Å². The SMILES string of the molecule is COc1cc(N=Nc2ccc(S(=O)(=O)O)cc2)c(C)cc1N.Cl. The van der Waals surface area contributed by atoms with E-state index in [0.29, 0.717) is 22.8 Å². The van der Waals surface area contributed by atoms with Crippen LogP contribution in [0, 0.1) is 6.92 Å². The second kappa shape index (κ2) is 7.40. The van der Waals surface area contributed by atoms with Crippen molar-refractivity contribution in [1.29, 1.82) is 0 Å². The van der Waals surface area contributed by atoms with Gasteiger partial charge in [-0.05, 0) is 42.8 Å². The second-order valence-corrected chi connectivity index (χ2v) is 5.97. The third-order valence-corrected chi connectivity index (χ3v) is 3.82. The van der Waals surface area contributed by atoms with Gasteiger partial charge in [-0.3, -0.25) is 4.55 Å². The van der Waals surface area contributed by atoms with Crippen molar-refractivity contribution in [2.24, 2.45) is 10.2 Å². The number of nitrogens with zero attached hydrogens (tertiary/aromatic N) is 2. The van der Waals surface area contributed by atoms with E-state index in [1.807, 2.05) is 6.92 Å². The number of benzene rings is 2. The molecule has 0 aromatic heterocycles. The molecule has 124 valence electrons. The van der Waals surface area contributed by atoms with Crippen molar-refractivity contribution in [3.05, 3.63) is 42.0 Å². The van der Waals surface area contributed by atoms with E-state index >= 15 is 0 Å². The Labute approximate surface area is 140 Å². The average molecular weight is 358 g/mol. The lowest BCUT2D eigenvalue weighted by Crippen LogP contribution is -1.96. The maximum Gasteiger partial charge on any atom is 0.294 e. The van der Waals surface area contributed by atoms with Crippen LogP contribution in [0.15, 0.2) is 51.5 Å². The van der Waals surface area contributed by atoms with Gasteiger partial charge in [0.15, 0.2) is 0 Å². The number of nitrogen functional groups attached to an aromatic ring is 1. The fraction of sp³-hybridized carbons (Fsp3) is 0.143. The topological polar surface area (TPSA) is 114 Å². The Balaban J connectivity index is 0.00000264. The molecule has 0 heterocycles. The van der Waals surface area contributed by atoms with Gasteiger partial charge in [-0.25, -0.2) is 0 Å². The van der Waals surface area contributed by atoms with Crippen LogP contribution in [0.25, 0.3) is 0 Å². The standard InChI is InChI=1S/C14H15N3O4S.ClH/c1-9-7-12(15)14(21-2)8-13(9)17-16-10-3-5-11(6-4-10)22(18,19)20;/h3-8H,15H2,1-2H3,(H,18,19,20);1H. The zero-order valence-corrected chi connectivity index (χ0v) is 14.1. The van der Waals surface area contributed by atoms with E-state index in [4.69, 9.17) is 15.0 Å². The Kier molecular flexibility index (Phi) is 6.08. The predicted molar refractivity (Wildman–Crippen MR) is 89.8 cm³/mol. The molecule has 9 heteroatoms. The molecule has 3 N–H and O–H groups in total. The lowest BCUT2D eigenvalue weighted by molar-refractivity contribution is 0.417. The van der Waals surface area contributed by atoms with Gasteiger partial charge >= 0.3 is 0 Å². The molecule has 2 aromatic rings. The molecule has 0 saturated carbocycles. The Morgan fingerprint density at radius 1 is 1.13 bits per heavy atom. The summed E-state index contributed by atoms with van der Waals surface area (Å²) < 4.78 is 35.9. The summed E-state index contributed by atoms with van der Waals surface area (Å²) in [5, 5.41) is 8.11. The van der Waals surface area contributed by atoms with Crippen LogP contribution < -0.4 is 10.5 Å². The van der Waals surface area contributed by atoms with E-state index in [1.165, 1.54) is 31.4 Å². The summed E-state index contributed by atoms with van der Waals surface area (Å²) in [6.07, 6.45) is 0. The first kappa shape index (κ1) is 18.9. The minimum absolute atomic E-state index is 0. The largest absolute Gasteiger partial charge is 0.495 e. The maximum atomic E-state index is 10.9. The number of halogens is 1. The van der Waals surface area contributed by atoms with Gasteiger partial charge in [0.1, 0.15) is 5.75 Å². The first-order chi connectivity index (χ1) is 10.3. The fourth-order valence-corrected chi connectivity index (χ4v) is 2.26. The van der Waals surface area contributed by atoms with Crippen LogP contribution in [0.1, 0.15) is 5.56 Å². The highest BCUT2D eigenvalue weighted by molar-refractivity contribution is 7.85. The van der Waals surface area contributed by atoms with Crippen molar-refractivity contribution >= 4 is 39.6 Å². The van der Waals surface area contributed by atoms with E-state index in [0.717, 1.165) is 5.56 Å². The molecule has 2 aromatic carbocycles. The number of rotatable bonds is 4. The molecule has 0 bridgehead atoms. The fourth-order valence-electron chi connectivity index (χ4n) is 1.78. The molecule has 0 spiro atoms. The number of azo groups is 1. The van der Waals surface area contributed by atoms with E-state index in [1.54, 1.807) is 12.1 Å². The molecule has 0 radical (unpaired) electrons. The highest BCUT2D eigenvalue weighted by Gasteiger charge is 2.08. The van der Waals surface area contributed by atoms with Gasteiger partial charge in [0, 0.05) is 6.07 Å². The molecule has 0 aliphatic rings. The van der Waals surface area contributed by atoms with E-state index < -0.39 is 10.1 Å². The summed E-state index contributed by atoms with van der Waals surface area (Å²) in [5.41, 5.74) is 8.16. The lowest BCUT2D eigenvalue weighted by Gasteiger charge is -2.07. The van der Waals surface area contributed by atoms with Crippen LogP contribution in [0.5, 0.6) is 5.75 Å². The molecule has 0 aliphatic heterocycles. The molecule has 7 nitrogen and oxygen atoms in total. The summed E-state index contributed by atoms with van der Waals surface area (Å²) in [5.74, 6) is 0.501. The molecule has 0 unspecified atom stereocenters. The first-order valence-electron chi connectivity index (χ1n) is 6.24. The van der Waals surface area contributed by atoms with Gasteiger partial charge in [-0.1, -0.05) is 0 Å². The van der Waals surface area contributed by atoms with Gasteiger partial charge in [-0.2, -0.15) is 18.6 Å². The van der Waals surface area contributed by atoms with E-state index in [-0.39, 0.29) is 17.3 Å². The van der Waals surface area contributed by atoms with Gasteiger partial charge in [0.05, 0.1) is 29.1 Å². The van der Waals surface area contributed by atoms with Crippen LogP contribution in [0.3, 0.4) is 0 Å². The quantitative estimate of drug-likeness (QED) is 0.492. The smallest absolute Gasteiger partial charge is 0.294 e. The molecule has 2 rings (SSSR count). The molecule has 0 atom stereocenters. The number of hydrogen-bond acceptors (Lipinski definition) is 6. The molecule has 0 saturated heterocycles. The monoisotopic (exact) mass is 357 g/mol. The Morgan fingerprint density at radius 2 is 1.74 bits per heavy atom. The van der Waals surface area contributed by atoms with Crippen molar-refractivity contribution in [2.45, 2.75) is 11.8 Å². The average Bonchev–Trinajstić information content (AvgIpc) is 2.46.